The fourth-order valence-electron chi connectivity index (χ4n) is 1.83. The maximum absolute atomic E-state index is 5.59. The molecule has 1 aromatic rings. The number of anilines is 1. The molecule has 1 heterocycles. The van der Waals surface area contributed by atoms with Crippen LogP contribution in [0.15, 0.2) is 18.2 Å². The molecule has 102 valence electrons. The van der Waals surface area contributed by atoms with Gasteiger partial charge < -0.3 is 15.4 Å². The van der Waals surface area contributed by atoms with Crippen LogP contribution < -0.4 is 15.4 Å². The summed E-state index contributed by atoms with van der Waals surface area (Å²) in [6, 6.07) is 5.91. The Morgan fingerprint density at radius 3 is 2.78 bits per heavy atom. The summed E-state index contributed by atoms with van der Waals surface area (Å²) in [7, 11) is 0. The van der Waals surface area contributed by atoms with E-state index in [1.807, 2.05) is 25.1 Å². The highest BCUT2D eigenvalue weighted by molar-refractivity contribution is 5.40. The van der Waals surface area contributed by atoms with Crippen molar-refractivity contribution >= 4 is 5.82 Å². The molecule has 18 heavy (non-hydrogen) atoms. The molecule has 0 saturated heterocycles. The highest BCUT2D eigenvalue weighted by atomic mass is 16.5. The maximum atomic E-state index is 5.59. The monoisotopic (exact) mass is 251 g/mol. The number of rotatable bonds is 8. The average Bonchev–Trinajstić information content (AvgIpc) is 2.35. The third-order valence-corrected chi connectivity index (χ3v) is 2.54. The van der Waals surface area contributed by atoms with E-state index in [4.69, 9.17) is 10.5 Å². The first kappa shape index (κ1) is 14.8. The van der Waals surface area contributed by atoms with Crippen LogP contribution in [0.1, 0.15) is 27.2 Å². The standard InChI is InChI=1S/C14H25N3O/c1-4-18-14-8-5-7-13(16-14)17(10-6-9-15)11-12(2)3/h5,7-8,12H,4,6,9-11,15H2,1-3H3. The topological polar surface area (TPSA) is 51.4 Å². The van der Waals surface area contributed by atoms with Gasteiger partial charge in [0.2, 0.25) is 5.88 Å². The fraction of sp³-hybridized carbons (Fsp3) is 0.643. The molecule has 4 heteroatoms. The van der Waals surface area contributed by atoms with Crippen molar-refractivity contribution in [3.63, 3.8) is 0 Å². The van der Waals surface area contributed by atoms with Gasteiger partial charge in [-0.05, 0) is 31.9 Å². The van der Waals surface area contributed by atoms with Gasteiger partial charge in [0.25, 0.3) is 0 Å². The number of nitrogens with two attached hydrogens (primary N) is 1. The molecule has 0 radical (unpaired) electrons. The van der Waals surface area contributed by atoms with Crippen molar-refractivity contribution in [3.8, 4) is 5.88 Å². The Bertz CT molecular complexity index is 342. The Kier molecular flexibility index (Phi) is 6.50. The zero-order valence-corrected chi connectivity index (χ0v) is 11.7. The molecule has 0 bridgehead atoms. The molecule has 0 aliphatic carbocycles. The van der Waals surface area contributed by atoms with Crippen LogP contribution in [-0.4, -0.2) is 31.2 Å². The number of ether oxygens (including phenoxy) is 1. The third kappa shape index (κ3) is 4.92. The van der Waals surface area contributed by atoms with Crippen molar-refractivity contribution < 1.29 is 4.74 Å². The lowest BCUT2D eigenvalue weighted by molar-refractivity contribution is 0.327. The summed E-state index contributed by atoms with van der Waals surface area (Å²) in [5.41, 5.74) is 5.59. The van der Waals surface area contributed by atoms with Crippen molar-refractivity contribution in [1.29, 1.82) is 0 Å². The van der Waals surface area contributed by atoms with E-state index in [1.165, 1.54) is 0 Å². The molecular formula is C14H25N3O. The second-order valence-corrected chi connectivity index (χ2v) is 4.75. The van der Waals surface area contributed by atoms with Gasteiger partial charge in [0.15, 0.2) is 0 Å². The van der Waals surface area contributed by atoms with Crippen molar-refractivity contribution in [2.75, 3.05) is 31.1 Å². The number of aromatic nitrogens is 1. The molecular weight excluding hydrogens is 226 g/mol. The van der Waals surface area contributed by atoms with Crippen molar-refractivity contribution in [1.82, 2.24) is 4.98 Å². The minimum Gasteiger partial charge on any atom is -0.478 e. The molecule has 1 rings (SSSR count). The van der Waals surface area contributed by atoms with E-state index in [0.29, 0.717) is 24.9 Å². The van der Waals surface area contributed by atoms with E-state index in [0.717, 1.165) is 25.3 Å². The second-order valence-electron chi connectivity index (χ2n) is 4.75. The minimum atomic E-state index is 0.598. The average molecular weight is 251 g/mol. The Labute approximate surface area is 110 Å². The molecule has 0 aliphatic heterocycles. The number of pyridine rings is 1. The third-order valence-electron chi connectivity index (χ3n) is 2.54. The van der Waals surface area contributed by atoms with Gasteiger partial charge >= 0.3 is 0 Å². The molecule has 4 nitrogen and oxygen atoms in total. The number of nitrogens with zero attached hydrogens (tertiary/aromatic N) is 2. The van der Waals surface area contributed by atoms with Crippen LogP contribution in [0.4, 0.5) is 5.82 Å². The highest BCUT2D eigenvalue weighted by Gasteiger charge is 2.10. The molecule has 0 saturated carbocycles. The molecule has 0 aliphatic rings. The Morgan fingerprint density at radius 1 is 1.39 bits per heavy atom. The van der Waals surface area contributed by atoms with E-state index < -0.39 is 0 Å². The summed E-state index contributed by atoms with van der Waals surface area (Å²) in [5, 5.41) is 0. The predicted molar refractivity (Wildman–Crippen MR) is 76.1 cm³/mol. The van der Waals surface area contributed by atoms with Gasteiger partial charge in [0.05, 0.1) is 6.61 Å². The summed E-state index contributed by atoms with van der Waals surface area (Å²) in [6.07, 6.45) is 0.979. The molecule has 0 spiro atoms. The van der Waals surface area contributed by atoms with E-state index in [1.54, 1.807) is 0 Å². The second kappa shape index (κ2) is 7.93. The zero-order chi connectivity index (χ0) is 13.4. The lowest BCUT2D eigenvalue weighted by Crippen LogP contribution is -2.30. The van der Waals surface area contributed by atoms with Crippen LogP contribution >= 0.6 is 0 Å². The van der Waals surface area contributed by atoms with Gasteiger partial charge in [-0.2, -0.15) is 4.98 Å². The summed E-state index contributed by atoms with van der Waals surface area (Å²) in [5.74, 6) is 2.26. The SMILES string of the molecule is CCOc1cccc(N(CCCN)CC(C)C)n1. The minimum absolute atomic E-state index is 0.598. The summed E-state index contributed by atoms with van der Waals surface area (Å²) in [6.45, 7) is 9.67. The molecule has 0 aromatic carbocycles. The van der Waals surface area contributed by atoms with Gasteiger partial charge in [0, 0.05) is 19.2 Å². The predicted octanol–water partition coefficient (Wildman–Crippen LogP) is 2.29. The smallest absolute Gasteiger partial charge is 0.215 e. The highest BCUT2D eigenvalue weighted by Crippen LogP contribution is 2.17. The summed E-state index contributed by atoms with van der Waals surface area (Å²) < 4.78 is 5.44. The van der Waals surface area contributed by atoms with Crippen molar-refractivity contribution in [3.05, 3.63) is 18.2 Å². The quantitative estimate of drug-likeness (QED) is 0.770. The van der Waals surface area contributed by atoms with Crippen LogP contribution in [0.2, 0.25) is 0 Å². The van der Waals surface area contributed by atoms with E-state index in [-0.39, 0.29) is 0 Å². The lowest BCUT2D eigenvalue weighted by atomic mass is 10.2. The Hall–Kier alpha value is -1.29. The van der Waals surface area contributed by atoms with Crippen LogP contribution in [0.3, 0.4) is 0 Å². The summed E-state index contributed by atoms with van der Waals surface area (Å²) >= 11 is 0. The number of hydrogen-bond acceptors (Lipinski definition) is 4. The molecule has 2 N–H and O–H groups in total. The molecule has 0 amide bonds. The first-order chi connectivity index (χ1) is 8.67. The maximum Gasteiger partial charge on any atom is 0.215 e. The zero-order valence-electron chi connectivity index (χ0n) is 11.7. The van der Waals surface area contributed by atoms with Crippen LogP contribution in [0.5, 0.6) is 5.88 Å². The van der Waals surface area contributed by atoms with Gasteiger partial charge in [0.1, 0.15) is 5.82 Å². The van der Waals surface area contributed by atoms with Crippen LogP contribution in [0.25, 0.3) is 0 Å². The fourth-order valence-corrected chi connectivity index (χ4v) is 1.83. The largest absolute Gasteiger partial charge is 0.478 e. The Balaban J connectivity index is 2.78. The van der Waals surface area contributed by atoms with Gasteiger partial charge in [-0.15, -0.1) is 0 Å². The normalized spacial score (nSPS) is 10.7. The Morgan fingerprint density at radius 2 is 2.17 bits per heavy atom. The van der Waals surface area contributed by atoms with Crippen LogP contribution in [-0.2, 0) is 0 Å². The van der Waals surface area contributed by atoms with Crippen molar-refractivity contribution in [2.24, 2.45) is 11.7 Å². The van der Waals surface area contributed by atoms with E-state index in [2.05, 4.69) is 23.7 Å². The van der Waals surface area contributed by atoms with E-state index in [9.17, 15) is 0 Å². The van der Waals surface area contributed by atoms with Crippen molar-refractivity contribution in [2.45, 2.75) is 27.2 Å². The van der Waals surface area contributed by atoms with Gasteiger partial charge in [-0.3, -0.25) is 0 Å². The molecule has 0 fully saturated rings. The molecule has 1 aromatic heterocycles. The first-order valence-electron chi connectivity index (χ1n) is 6.72. The van der Waals surface area contributed by atoms with E-state index >= 15 is 0 Å². The van der Waals surface area contributed by atoms with Gasteiger partial charge in [-0.25, -0.2) is 0 Å². The first-order valence-corrected chi connectivity index (χ1v) is 6.72. The summed E-state index contributed by atoms with van der Waals surface area (Å²) in [4.78, 5) is 6.81. The van der Waals surface area contributed by atoms with Gasteiger partial charge in [-0.1, -0.05) is 19.9 Å². The molecule has 0 atom stereocenters. The number of hydrogen-bond donors (Lipinski definition) is 1. The molecule has 0 unspecified atom stereocenters. The van der Waals surface area contributed by atoms with Crippen LogP contribution in [0, 0.1) is 5.92 Å². The lowest BCUT2D eigenvalue weighted by Gasteiger charge is -2.25.